The number of allylic oxidation sites excluding steroid dienone is 4. The van der Waals surface area contributed by atoms with Crippen LogP contribution in [0.2, 0.25) is 0 Å². The first kappa shape index (κ1) is 23.6. The van der Waals surface area contributed by atoms with E-state index in [2.05, 4.69) is 36.6 Å². The molecular weight excluding hydrogens is 412 g/mol. The third-order valence-corrected chi connectivity index (χ3v) is 5.98. The van der Waals surface area contributed by atoms with Crippen LogP contribution in [0.5, 0.6) is 0 Å². The molecule has 3 rings (SSSR count). The second-order valence-corrected chi connectivity index (χ2v) is 8.23. The first-order chi connectivity index (χ1) is 15.8. The van der Waals surface area contributed by atoms with E-state index in [-0.39, 0.29) is 11.0 Å². The van der Waals surface area contributed by atoms with Crippen molar-refractivity contribution in [2.75, 3.05) is 20.3 Å². The molecule has 0 aromatic heterocycles. The van der Waals surface area contributed by atoms with Gasteiger partial charge < -0.3 is 9.47 Å². The zero-order chi connectivity index (χ0) is 24.2. The van der Waals surface area contributed by atoms with Crippen LogP contribution in [0.15, 0.2) is 70.7 Å². The number of hydrogen-bond donors (Lipinski definition) is 0. The van der Waals surface area contributed by atoms with Gasteiger partial charge in [-0.2, -0.15) is 20.4 Å². The summed E-state index contributed by atoms with van der Waals surface area (Å²) < 4.78 is 13.7. The summed E-state index contributed by atoms with van der Waals surface area (Å²) in [6, 6.07) is 14.4. The van der Waals surface area contributed by atoms with E-state index < -0.39 is 5.92 Å². The van der Waals surface area contributed by atoms with Crippen LogP contribution < -0.4 is 0 Å². The highest BCUT2D eigenvalue weighted by molar-refractivity contribution is 6.03. The lowest BCUT2D eigenvalue weighted by Gasteiger charge is -2.25. The van der Waals surface area contributed by atoms with Crippen molar-refractivity contribution in [1.82, 2.24) is 0 Å². The van der Waals surface area contributed by atoms with Crippen molar-refractivity contribution in [3.63, 3.8) is 0 Å². The summed E-state index contributed by atoms with van der Waals surface area (Å²) in [5.41, 5.74) is 3.82. The van der Waals surface area contributed by atoms with Gasteiger partial charge in [-0.3, -0.25) is 0 Å². The van der Waals surface area contributed by atoms with Crippen LogP contribution in [-0.4, -0.2) is 30.5 Å². The van der Waals surface area contributed by atoms with Crippen LogP contribution in [0.4, 0.5) is 5.69 Å². The Morgan fingerprint density at radius 3 is 2.30 bits per heavy atom. The van der Waals surface area contributed by atoms with E-state index in [0.29, 0.717) is 35.9 Å². The molecule has 6 nitrogen and oxygen atoms in total. The van der Waals surface area contributed by atoms with Gasteiger partial charge in [0.1, 0.15) is 36.3 Å². The van der Waals surface area contributed by atoms with Gasteiger partial charge in [-0.1, -0.05) is 18.2 Å². The summed E-state index contributed by atoms with van der Waals surface area (Å²) in [5.74, 6) is 0.403. The molecule has 2 aliphatic rings. The topological polar surface area (TPSA) is 92.8 Å². The zero-order valence-electron chi connectivity index (χ0n) is 19.6. The minimum absolute atomic E-state index is 0.0608. The first-order valence-corrected chi connectivity index (χ1v) is 10.9. The van der Waals surface area contributed by atoms with E-state index in [1.54, 1.807) is 12.2 Å². The number of para-hydroxylation sites is 1. The average molecular weight is 440 g/mol. The van der Waals surface area contributed by atoms with Crippen LogP contribution in [0.25, 0.3) is 0 Å². The van der Waals surface area contributed by atoms with Gasteiger partial charge in [0.2, 0.25) is 5.69 Å². The van der Waals surface area contributed by atoms with Gasteiger partial charge >= 0.3 is 0 Å². The third-order valence-electron chi connectivity index (χ3n) is 5.98. The highest BCUT2D eigenvalue weighted by Gasteiger charge is 2.43. The Balaban J connectivity index is 2.18. The molecule has 1 unspecified atom stereocenters. The predicted molar refractivity (Wildman–Crippen MR) is 125 cm³/mol. The van der Waals surface area contributed by atoms with Crippen molar-refractivity contribution < 1.29 is 14.0 Å². The van der Waals surface area contributed by atoms with E-state index >= 15 is 0 Å². The average Bonchev–Trinajstić information content (AvgIpc) is 3.00. The summed E-state index contributed by atoms with van der Waals surface area (Å²) in [4.78, 5) is 0. The fourth-order valence-electron chi connectivity index (χ4n) is 4.39. The number of rotatable bonds is 6. The molecule has 0 bridgehead atoms. The Kier molecular flexibility index (Phi) is 6.86. The quantitative estimate of drug-likeness (QED) is 0.461. The lowest BCUT2D eigenvalue weighted by atomic mass is 9.79. The summed E-state index contributed by atoms with van der Waals surface area (Å²) in [5, 5.41) is 29.0. The van der Waals surface area contributed by atoms with Crippen molar-refractivity contribution in [1.29, 1.82) is 15.8 Å². The fourth-order valence-corrected chi connectivity index (χ4v) is 4.39. The number of nitriles is 3. The molecule has 0 spiro atoms. The van der Waals surface area contributed by atoms with Gasteiger partial charge in [0.25, 0.3) is 0 Å². The van der Waals surface area contributed by atoms with Gasteiger partial charge in [0.05, 0.1) is 36.2 Å². The molecule has 0 fully saturated rings. The standard InChI is InChI=1S/C27H27N4O2/c1-6-32-24-14-21(19(16-29)17-30)25(33-7-2)13-20(24)18(15-28)12-26-27(3,4)22-10-8-9-11-23(22)31(26)5/h8-14,20H,6-7H2,1-5H3/q+1/b18-12+. The van der Waals surface area contributed by atoms with Crippen molar-refractivity contribution >= 4 is 11.4 Å². The molecule has 0 saturated carbocycles. The lowest BCUT2D eigenvalue weighted by Crippen LogP contribution is -2.28. The maximum absolute atomic E-state index is 10.2. The van der Waals surface area contributed by atoms with Gasteiger partial charge in [-0.25, -0.2) is 0 Å². The van der Waals surface area contributed by atoms with E-state index in [1.165, 1.54) is 5.56 Å². The molecule has 1 aromatic carbocycles. The minimum Gasteiger partial charge on any atom is -0.497 e. The maximum Gasteiger partial charge on any atom is 0.209 e. The smallest absolute Gasteiger partial charge is 0.209 e. The summed E-state index contributed by atoms with van der Waals surface area (Å²) in [6.07, 6.45) is 5.33. The summed E-state index contributed by atoms with van der Waals surface area (Å²) >= 11 is 0. The Morgan fingerprint density at radius 2 is 1.73 bits per heavy atom. The van der Waals surface area contributed by atoms with E-state index in [4.69, 9.17) is 9.47 Å². The number of nitrogens with zero attached hydrogens (tertiary/aromatic N) is 4. The Bertz CT molecular complexity index is 1240. The largest absolute Gasteiger partial charge is 0.497 e. The molecule has 0 amide bonds. The lowest BCUT2D eigenvalue weighted by molar-refractivity contribution is -0.401. The van der Waals surface area contributed by atoms with Crippen LogP contribution in [0.3, 0.4) is 0 Å². The molecular formula is C27H27N4O2+. The minimum atomic E-state index is -0.501. The monoisotopic (exact) mass is 439 g/mol. The second-order valence-electron chi connectivity index (χ2n) is 8.23. The van der Waals surface area contributed by atoms with Gasteiger partial charge in [0, 0.05) is 23.3 Å². The van der Waals surface area contributed by atoms with E-state index in [9.17, 15) is 15.8 Å². The molecule has 33 heavy (non-hydrogen) atoms. The number of benzene rings is 1. The molecule has 1 heterocycles. The number of fused-ring (bicyclic) bond motifs is 1. The second kappa shape index (κ2) is 9.60. The van der Waals surface area contributed by atoms with Crippen LogP contribution in [0.1, 0.15) is 33.3 Å². The van der Waals surface area contributed by atoms with E-state index in [0.717, 1.165) is 11.4 Å². The number of ether oxygens (including phenoxy) is 2. The Labute approximate surface area is 195 Å². The van der Waals surface area contributed by atoms with Crippen molar-refractivity contribution in [3.8, 4) is 18.2 Å². The number of hydrogen-bond acceptors (Lipinski definition) is 5. The normalized spacial score (nSPS) is 18.9. The Morgan fingerprint density at radius 1 is 1.06 bits per heavy atom. The molecule has 0 saturated heterocycles. The molecule has 1 aromatic rings. The van der Waals surface area contributed by atoms with E-state index in [1.807, 2.05) is 51.2 Å². The fraction of sp³-hybridized carbons (Fsp3) is 0.333. The molecule has 166 valence electrons. The molecule has 6 heteroatoms. The summed E-state index contributed by atoms with van der Waals surface area (Å²) in [6.45, 7) is 8.72. The highest BCUT2D eigenvalue weighted by atomic mass is 16.5. The van der Waals surface area contributed by atoms with Gasteiger partial charge in [-0.15, -0.1) is 0 Å². The SMILES string of the molecule is CCOC1=CC(/C(C#N)=C/C2=[N+](C)c3ccccc3C2(C)C)C(OCC)=CC1=C(C#N)C#N. The predicted octanol–water partition coefficient (Wildman–Crippen LogP) is 4.96. The Hall–Kier alpha value is -4.08. The molecule has 0 N–H and O–H groups in total. The van der Waals surface area contributed by atoms with Crippen molar-refractivity contribution in [2.24, 2.45) is 5.92 Å². The van der Waals surface area contributed by atoms with Gasteiger partial charge in [0.15, 0.2) is 5.71 Å². The van der Waals surface area contributed by atoms with Crippen LogP contribution in [0, 0.1) is 39.9 Å². The summed E-state index contributed by atoms with van der Waals surface area (Å²) in [7, 11) is 2.00. The maximum atomic E-state index is 10.2. The first-order valence-electron chi connectivity index (χ1n) is 10.9. The van der Waals surface area contributed by atoms with Crippen LogP contribution in [-0.2, 0) is 14.9 Å². The highest BCUT2D eigenvalue weighted by Crippen LogP contribution is 2.41. The van der Waals surface area contributed by atoms with Crippen molar-refractivity contribution in [3.05, 3.63) is 76.3 Å². The van der Waals surface area contributed by atoms with Crippen molar-refractivity contribution in [2.45, 2.75) is 33.1 Å². The van der Waals surface area contributed by atoms with Crippen LogP contribution >= 0.6 is 0 Å². The zero-order valence-corrected chi connectivity index (χ0v) is 19.6. The molecule has 1 aliphatic carbocycles. The third kappa shape index (κ3) is 4.19. The van der Waals surface area contributed by atoms with Gasteiger partial charge in [-0.05, 0) is 39.8 Å². The molecule has 1 atom stereocenters. The molecule has 1 aliphatic heterocycles. The molecule has 0 radical (unpaired) electrons.